The summed E-state index contributed by atoms with van der Waals surface area (Å²) in [6.07, 6.45) is 14.5. The van der Waals surface area contributed by atoms with E-state index in [-0.39, 0.29) is 12.0 Å². The van der Waals surface area contributed by atoms with Crippen LogP contribution in [0.1, 0.15) is 17.0 Å². The highest BCUT2D eigenvalue weighted by molar-refractivity contribution is 5.94. The van der Waals surface area contributed by atoms with Gasteiger partial charge in [-0.2, -0.15) is 0 Å². The van der Waals surface area contributed by atoms with Crippen LogP contribution < -0.4 is 20.1 Å². The Labute approximate surface area is 298 Å². The molecule has 2 N–H and O–H groups in total. The smallest absolute Gasteiger partial charge is 0.136 e. The fourth-order valence-corrected chi connectivity index (χ4v) is 7.24. The molecule has 2 aliphatic heterocycles. The van der Waals surface area contributed by atoms with E-state index >= 15 is 0 Å². The molecule has 3 aliphatic rings. The van der Waals surface area contributed by atoms with Gasteiger partial charge in [-0.25, -0.2) is 0 Å². The molecule has 246 valence electrons. The lowest BCUT2D eigenvalue weighted by Crippen LogP contribution is -2.24. The van der Waals surface area contributed by atoms with E-state index in [1.807, 2.05) is 24.4 Å². The highest BCUT2D eigenvalue weighted by atomic mass is 16.5. The Morgan fingerprint density at radius 3 is 2.08 bits per heavy atom. The van der Waals surface area contributed by atoms with Crippen LogP contribution in [0.3, 0.4) is 0 Å². The highest BCUT2D eigenvalue weighted by Gasteiger charge is 2.29. The first kappa shape index (κ1) is 30.5. The highest BCUT2D eigenvalue weighted by Crippen LogP contribution is 2.48. The number of hydrogen-bond acceptors (Lipinski definition) is 4. The molecule has 0 spiro atoms. The lowest BCUT2D eigenvalue weighted by molar-refractivity contribution is 0.230. The largest absolute Gasteiger partial charge is 0.485 e. The number of allylic oxidation sites excluding steroid dienone is 4. The van der Waals surface area contributed by atoms with Gasteiger partial charge in [0, 0.05) is 46.0 Å². The molecule has 6 aromatic rings. The van der Waals surface area contributed by atoms with Crippen molar-refractivity contribution in [3.63, 3.8) is 0 Å². The third-order valence-corrected chi connectivity index (χ3v) is 9.78. The minimum Gasteiger partial charge on any atom is -0.485 e. The van der Waals surface area contributed by atoms with Crippen molar-refractivity contribution in [2.75, 3.05) is 11.9 Å². The summed E-state index contributed by atoms with van der Waals surface area (Å²) in [4.78, 5) is 0. The van der Waals surface area contributed by atoms with E-state index in [4.69, 9.17) is 9.47 Å². The number of rotatable bonds is 5. The quantitative estimate of drug-likeness (QED) is 0.193. The summed E-state index contributed by atoms with van der Waals surface area (Å²) in [5.74, 6) is 2.39. The van der Waals surface area contributed by atoms with Crippen LogP contribution in [-0.2, 0) is 0 Å². The van der Waals surface area contributed by atoms with Crippen LogP contribution >= 0.6 is 0 Å². The molecule has 0 saturated carbocycles. The Hall–Kier alpha value is -6.52. The zero-order chi connectivity index (χ0) is 34.0. The second kappa shape index (κ2) is 13.4. The number of hydrogen-bond donors (Lipinski definition) is 2. The second-order valence-corrected chi connectivity index (χ2v) is 13.0. The van der Waals surface area contributed by atoms with Crippen molar-refractivity contribution in [3.05, 3.63) is 193 Å². The van der Waals surface area contributed by atoms with Gasteiger partial charge < -0.3 is 20.1 Å². The maximum absolute atomic E-state index is 7.04. The Morgan fingerprint density at radius 2 is 1.25 bits per heavy atom. The summed E-state index contributed by atoms with van der Waals surface area (Å²) < 4.78 is 14.1. The summed E-state index contributed by atoms with van der Waals surface area (Å²) >= 11 is 0. The molecule has 0 fully saturated rings. The van der Waals surface area contributed by atoms with Crippen LogP contribution in [0.5, 0.6) is 17.2 Å². The molecule has 0 bridgehead atoms. The molecule has 0 radical (unpaired) electrons. The monoisotopic (exact) mass is 660 g/mol. The van der Waals surface area contributed by atoms with Crippen molar-refractivity contribution >= 4 is 16.9 Å². The van der Waals surface area contributed by atoms with E-state index in [2.05, 4.69) is 168 Å². The van der Waals surface area contributed by atoms with Gasteiger partial charge in [0.25, 0.3) is 0 Å². The first-order valence-corrected chi connectivity index (χ1v) is 17.5. The molecule has 51 heavy (non-hydrogen) atoms. The van der Waals surface area contributed by atoms with Crippen LogP contribution in [0.2, 0.25) is 0 Å². The van der Waals surface area contributed by atoms with Crippen LogP contribution in [0.25, 0.3) is 39.0 Å². The van der Waals surface area contributed by atoms with Crippen molar-refractivity contribution in [3.8, 4) is 50.6 Å². The molecular weight excluding hydrogens is 625 g/mol. The van der Waals surface area contributed by atoms with Crippen molar-refractivity contribution in [1.82, 2.24) is 5.32 Å². The van der Waals surface area contributed by atoms with E-state index in [1.165, 1.54) is 5.57 Å². The van der Waals surface area contributed by atoms with Crippen molar-refractivity contribution in [2.24, 2.45) is 0 Å². The van der Waals surface area contributed by atoms with Crippen LogP contribution in [-0.4, -0.2) is 12.6 Å². The maximum atomic E-state index is 7.04. The molecule has 2 unspecified atom stereocenters. The van der Waals surface area contributed by atoms with Gasteiger partial charge in [0.2, 0.25) is 0 Å². The van der Waals surface area contributed by atoms with Gasteiger partial charge in [0.1, 0.15) is 23.4 Å². The first-order chi connectivity index (χ1) is 25.3. The van der Waals surface area contributed by atoms with Crippen LogP contribution in [0.4, 0.5) is 11.4 Å². The Bertz CT molecular complexity index is 2350. The summed E-state index contributed by atoms with van der Waals surface area (Å²) in [7, 11) is 0. The summed E-state index contributed by atoms with van der Waals surface area (Å²) in [5.41, 5.74) is 11.8. The van der Waals surface area contributed by atoms with E-state index in [0.29, 0.717) is 0 Å². The van der Waals surface area contributed by atoms with E-state index in [9.17, 15) is 0 Å². The normalized spacial score (nSPS) is 16.9. The number of dihydropyridines is 1. The zero-order valence-corrected chi connectivity index (χ0v) is 28.0. The van der Waals surface area contributed by atoms with Crippen molar-refractivity contribution in [1.29, 1.82) is 0 Å². The van der Waals surface area contributed by atoms with Gasteiger partial charge in [-0.15, -0.1) is 0 Å². The minimum atomic E-state index is -0.194. The summed E-state index contributed by atoms with van der Waals surface area (Å²) in [6.45, 7) is 0.766. The Kier molecular flexibility index (Phi) is 8.03. The molecule has 0 saturated heterocycles. The predicted molar refractivity (Wildman–Crippen MR) is 210 cm³/mol. The number of nitrogens with one attached hydrogen (secondary N) is 2. The lowest BCUT2D eigenvalue weighted by atomic mass is 9.88. The minimum absolute atomic E-state index is 0.0184. The van der Waals surface area contributed by atoms with Gasteiger partial charge >= 0.3 is 0 Å². The maximum Gasteiger partial charge on any atom is 0.136 e. The third kappa shape index (κ3) is 6.02. The van der Waals surface area contributed by atoms with Crippen molar-refractivity contribution in [2.45, 2.75) is 12.0 Å². The lowest BCUT2D eigenvalue weighted by Gasteiger charge is -2.30. The first-order valence-electron chi connectivity index (χ1n) is 17.5. The molecular formula is C47H36N2O2. The van der Waals surface area contributed by atoms with Gasteiger partial charge in [-0.3, -0.25) is 0 Å². The van der Waals surface area contributed by atoms with E-state index < -0.39 is 0 Å². The molecule has 9 rings (SSSR count). The molecule has 2 atom stereocenters. The van der Waals surface area contributed by atoms with Crippen molar-refractivity contribution < 1.29 is 9.47 Å². The Morgan fingerprint density at radius 1 is 0.549 bits per heavy atom. The molecule has 2 heterocycles. The topological polar surface area (TPSA) is 42.5 Å². The molecule has 4 heteroatoms. The SMILES string of the molecule is C1=CNCC(c2ccc3c(c2)OC2C=CC=CC2c2ccccc2Oc2cc(-c4cccc(-c5ccccc5)c4Nc4ccccc4)ccc2-3)=C1. The van der Waals surface area contributed by atoms with E-state index in [0.717, 1.165) is 79.7 Å². The Balaban J connectivity index is 1.24. The average molecular weight is 661 g/mol. The number of anilines is 2. The summed E-state index contributed by atoms with van der Waals surface area (Å²) in [5, 5.41) is 7.12. The molecule has 6 aromatic carbocycles. The average Bonchev–Trinajstić information content (AvgIpc) is 3.19. The van der Waals surface area contributed by atoms with Gasteiger partial charge in [-0.1, -0.05) is 121 Å². The fourth-order valence-electron chi connectivity index (χ4n) is 7.24. The molecule has 0 aromatic heterocycles. The third-order valence-electron chi connectivity index (χ3n) is 9.78. The molecule has 1 aliphatic carbocycles. The van der Waals surface area contributed by atoms with Gasteiger partial charge in [0.15, 0.2) is 0 Å². The number of benzene rings is 6. The number of para-hydroxylation sites is 3. The zero-order valence-electron chi connectivity index (χ0n) is 28.0. The molecule has 4 nitrogen and oxygen atoms in total. The predicted octanol–water partition coefficient (Wildman–Crippen LogP) is 11.7. The van der Waals surface area contributed by atoms with Gasteiger partial charge in [-0.05, 0) is 83.1 Å². The fraction of sp³-hybridized carbons (Fsp3) is 0.0638. The van der Waals surface area contributed by atoms with Crippen LogP contribution in [0, 0.1) is 0 Å². The van der Waals surface area contributed by atoms with E-state index in [1.54, 1.807) is 0 Å². The second-order valence-electron chi connectivity index (χ2n) is 13.0. The number of fused-ring (bicyclic) bond motifs is 6. The number of ether oxygens (including phenoxy) is 2. The van der Waals surface area contributed by atoms with Gasteiger partial charge in [0.05, 0.1) is 5.69 Å². The standard InChI is InChI=1S/C47H36N2O2/c1-3-13-32(14-4-1)37-20-11-21-38(47(37)49-36-16-5-2-6-17-36)34-25-27-42-41-26-24-33(35-15-12-28-48-31-35)29-45(41)50-43-22-9-7-18-39(43)40-19-8-10-23-44(40)51-46(42)30-34/h1-30,39,43,48-49H,31H2. The molecule has 0 amide bonds. The van der Waals surface area contributed by atoms with Crippen LogP contribution in [0.15, 0.2) is 182 Å². The summed E-state index contributed by atoms with van der Waals surface area (Å²) in [6, 6.07) is 48.8.